The summed E-state index contributed by atoms with van der Waals surface area (Å²) in [6.07, 6.45) is 5.18. The summed E-state index contributed by atoms with van der Waals surface area (Å²) >= 11 is 0. The predicted octanol–water partition coefficient (Wildman–Crippen LogP) is 2.34. The third-order valence-corrected chi connectivity index (χ3v) is 3.86. The molecule has 0 bridgehead atoms. The number of aliphatic carboxylic acids is 1. The van der Waals surface area contributed by atoms with Crippen LogP contribution in [0.25, 0.3) is 0 Å². The summed E-state index contributed by atoms with van der Waals surface area (Å²) in [5, 5.41) is 12.1. The smallest absolute Gasteiger partial charge is 0.310 e. The number of hydrogen-bond donors (Lipinski definition) is 2. The lowest BCUT2D eigenvalue weighted by Crippen LogP contribution is -2.36. The van der Waals surface area contributed by atoms with E-state index in [0.717, 1.165) is 25.7 Å². The Hall–Kier alpha value is -1.10. The number of carboxylic acid groups (broad SMARTS) is 1. The van der Waals surface area contributed by atoms with E-state index in [2.05, 4.69) is 5.32 Å². The molecule has 1 rings (SSSR count). The third-order valence-electron chi connectivity index (χ3n) is 3.86. The van der Waals surface area contributed by atoms with Gasteiger partial charge in [-0.25, -0.2) is 0 Å². The number of carboxylic acids is 1. The summed E-state index contributed by atoms with van der Waals surface area (Å²) in [6.45, 7) is 5.28. The zero-order chi connectivity index (χ0) is 15.0. The summed E-state index contributed by atoms with van der Waals surface area (Å²) in [5.41, 5.74) is -0.815. The molecule has 0 saturated heterocycles. The SMILES string of the molecule is CC(C)OCCCCNC(=O)CC1(C(=O)O)CCCC1. The average Bonchev–Trinajstić information content (AvgIpc) is 2.83. The number of amides is 1. The molecule has 1 aliphatic rings. The Bertz CT molecular complexity index is 322. The predicted molar refractivity (Wildman–Crippen MR) is 76.5 cm³/mol. The first-order valence-corrected chi connectivity index (χ1v) is 7.58. The minimum Gasteiger partial charge on any atom is -0.481 e. The van der Waals surface area contributed by atoms with Gasteiger partial charge in [-0.05, 0) is 39.5 Å². The van der Waals surface area contributed by atoms with E-state index in [1.807, 2.05) is 13.8 Å². The van der Waals surface area contributed by atoms with Crippen molar-refractivity contribution in [1.29, 1.82) is 0 Å². The van der Waals surface area contributed by atoms with E-state index in [9.17, 15) is 14.7 Å². The fourth-order valence-corrected chi connectivity index (χ4v) is 2.66. The first-order chi connectivity index (χ1) is 9.46. The molecule has 5 nitrogen and oxygen atoms in total. The van der Waals surface area contributed by atoms with Crippen LogP contribution in [0, 0.1) is 5.41 Å². The normalized spacial score (nSPS) is 17.4. The lowest BCUT2D eigenvalue weighted by Gasteiger charge is -2.22. The second-order valence-corrected chi connectivity index (χ2v) is 5.95. The second-order valence-electron chi connectivity index (χ2n) is 5.95. The minimum atomic E-state index is -0.824. The van der Waals surface area contributed by atoms with Crippen molar-refractivity contribution < 1.29 is 19.4 Å². The Labute approximate surface area is 121 Å². The molecule has 116 valence electrons. The zero-order valence-corrected chi connectivity index (χ0v) is 12.6. The summed E-state index contributed by atoms with van der Waals surface area (Å²) in [5.74, 6) is -0.963. The van der Waals surface area contributed by atoms with Crippen LogP contribution in [0.3, 0.4) is 0 Å². The number of hydrogen-bond acceptors (Lipinski definition) is 3. The van der Waals surface area contributed by atoms with Crippen LogP contribution in [0.15, 0.2) is 0 Å². The average molecular weight is 285 g/mol. The van der Waals surface area contributed by atoms with Crippen LogP contribution in [0.1, 0.15) is 58.8 Å². The molecular formula is C15H27NO4. The van der Waals surface area contributed by atoms with Gasteiger partial charge in [0.25, 0.3) is 0 Å². The molecule has 0 spiro atoms. The summed E-state index contributed by atoms with van der Waals surface area (Å²) < 4.78 is 5.41. The van der Waals surface area contributed by atoms with Gasteiger partial charge in [0.1, 0.15) is 0 Å². The van der Waals surface area contributed by atoms with Gasteiger partial charge in [0.15, 0.2) is 0 Å². The molecule has 1 amide bonds. The maximum atomic E-state index is 11.8. The van der Waals surface area contributed by atoms with Crippen LogP contribution in [-0.4, -0.2) is 36.2 Å². The first-order valence-electron chi connectivity index (χ1n) is 7.58. The van der Waals surface area contributed by atoms with Gasteiger partial charge < -0.3 is 15.2 Å². The summed E-state index contributed by atoms with van der Waals surface area (Å²) in [4.78, 5) is 23.2. The Balaban J connectivity index is 2.18. The zero-order valence-electron chi connectivity index (χ0n) is 12.6. The van der Waals surface area contributed by atoms with Crippen LogP contribution < -0.4 is 5.32 Å². The Morgan fingerprint density at radius 1 is 1.25 bits per heavy atom. The van der Waals surface area contributed by atoms with Gasteiger partial charge in [-0.1, -0.05) is 12.8 Å². The van der Waals surface area contributed by atoms with E-state index in [-0.39, 0.29) is 18.4 Å². The number of unbranched alkanes of at least 4 members (excludes halogenated alkanes) is 1. The second kappa shape index (κ2) is 8.25. The number of carbonyl (C=O) groups excluding carboxylic acids is 1. The first kappa shape index (κ1) is 17.0. The van der Waals surface area contributed by atoms with E-state index < -0.39 is 11.4 Å². The van der Waals surface area contributed by atoms with Crippen LogP contribution in [0.2, 0.25) is 0 Å². The molecular weight excluding hydrogens is 258 g/mol. The monoisotopic (exact) mass is 285 g/mol. The van der Waals surface area contributed by atoms with E-state index >= 15 is 0 Å². The topological polar surface area (TPSA) is 75.6 Å². The molecule has 5 heteroatoms. The molecule has 1 aliphatic carbocycles. The summed E-state index contributed by atoms with van der Waals surface area (Å²) in [6, 6.07) is 0. The lowest BCUT2D eigenvalue weighted by atomic mass is 9.82. The summed E-state index contributed by atoms with van der Waals surface area (Å²) in [7, 11) is 0. The molecule has 1 saturated carbocycles. The van der Waals surface area contributed by atoms with Gasteiger partial charge in [0.2, 0.25) is 5.91 Å². The Morgan fingerprint density at radius 3 is 2.45 bits per heavy atom. The van der Waals surface area contributed by atoms with E-state index in [4.69, 9.17) is 4.74 Å². The number of carbonyl (C=O) groups is 2. The highest BCUT2D eigenvalue weighted by Crippen LogP contribution is 2.41. The van der Waals surface area contributed by atoms with Crippen molar-refractivity contribution in [1.82, 2.24) is 5.32 Å². The van der Waals surface area contributed by atoms with Crippen molar-refractivity contribution in [2.75, 3.05) is 13.2 Å². The lowest BCUT2D eigenvalue weighted by molar-refractivity contribution is -0.151. The maximum absolute atomic E-state index is 11.8. The van der Waals surface area contributed by atoms with Crippen molar-refractivity contribution in [2.45, 2.75) is 64.9 Å². The molecule has 0 atom stereocenters. The highest BCUT2D eigenvalue weighted by atomic mass is 16.5. The van der Waals surface area contributed by atoms with Gasteiger partial charge in [-0.15, -0.1) is 0 Å². The van der Waals surface area contributed by atoms with E-state index in [0.29, 0.717) is 26.0 Å². The number of rotatable bonds is 9. The Morgan fingerprint density at radius 2 is 1.90 bits per heavy atom. The maximum Gasteiger partial charge on any atom is 0.310 e. The van der Waals surface area contributed by atoms with Crippen molar-refractivity contribution >= 4 is 11.9 Å². The van der Waals surface area contributed by atoms with Crippen molar-refractivity contribution in [3.63, 3.8) is 0 Å². The van der Waals surface area contributed by atoms with Gasteiger partial charge in [-0.2, -0.15) is 0 Å². The third kappa shape index (κ3) is 5.49. The molecule has 1 fully saturated rings. The van der Waals surface area contributed by atoms with Crippen molar-refractivity contribution in [2.24, 2.45) is 5.41 Å². The molecule has 0 unspecified atom stereocenters. The molecule has 2 N–H and O–H groups in total. The molecule has 20 heavy (non-hydrogen) atoms. The Kier molecular flexibility index (Phi) is 6.99. The molecule has 0 aromatic heterocycles. The molecule has 0 heterocycles. The largest absolute Gasteiger partial charge is 0.481 e. The van der Waals surface area contributed by atoms with Crippen LogP contribution in [-0.2, 0) is 14.3 Å². The molecule has 0 aromatic rings. The molecule has 0 radical (unpaired) electrons. The fourth-order valence-electron chi connectivity index (χ4n) is 2.66. The van der Waals surface area contributed by atoms with Crippen LogP contribution in [0.4, 0.5) is 0 Å². The highest BCUT2D eigenvalue weighted by molar-refractivity contribution is 5.85. The van der Waals surface area contributed by atoms with Crippen LogP contribution in [0.5, 0.6) is 0 Å². The quantitative estimate of drug-likeness (QED) is 0.638. The molecule has 0 aliphatic heterocycles. The van der Waals surface area contributed by atoms with Gasteiger partial charge in [0.05, 0.1) is 11.5 Å². The molecule has 0 aromatic carbocycles. The van der Waals surface area contributed by atoms with Gasteiger partial charge in [-0.3, -0.25) is 9.59 Å². The van der Waals surface area contributed by atoms with E-state index in [1.165, 1.54) is 0 Å². The van der Waals surface area contributed by atoms with Crippen molar-refractivity contribution in [3.8, 4) is 0 Å². The number of nitrogens with one attached hydrogen (secondary N) is 1. The van der Waals surface area contributed by atoms with E-state index in [1.54, 1.807) is 0 Å². The van der Waals surface area contributed by atoms with Crippen molar-refractivity contribution in [3.05, 3.63) is 0 Å². The highest BCUT2D eigenvalue weighted by Gasteiger charge is 2.42. The number of ether oxygens (including phenoxy) is 1. The fraction of sp³-hybridized carbons (Fsp3) is 0.867. The standard InChI is InChI=1S/C15H27NO4/c1-12(2)20-10-6-5-9-16-13(17)11-15(14(18)19)7-3-4-8-15/h12H,3-11H2,1-2H3,(H,16,17)(H,18,19). The van der Waals surface area contributed by atoms with Gasteiger partial charge in [0, 0.05) is 19.6 Å². The van der Waals surface area contributed by atoms with Gasteiger partial charge >= 0.3 is 5.97 Å². The van der Waals surface area contributed by atoms with Crippen LogP contribution >= 0.6 is 0 Å². The minimum absolute atomic E-state index is 0.116.